The normalized spacial score (nSPS) is 22.1. The molecular weight excluding hydrogens is 442 g/mol. The molecule has 9 heteroatoms. The molecule has 2 heterocycles. The SMILES string of the molecule is COC(=O)N1CCN(C(=O)[C@@H]2CC[C@H](c3ccccc3)N(S(=O)(=O)c3ccccc3)C2)CC1. The van der Waals surface area contributed by atoms with Gasteiger partial charge in [-0.3, -0.25) is 4.79 Å². The minimum atomic E-state index is -3.79. The fraction of sp³-hybridized carbons (Fsp3) is 0.417. The molecule has 176 valence electrons. The molecule has 0 bridgehead atoms. The topological polar surface area (TPSA) is 87.2 Å². The number of piperazine rings is 1. The lowest BCUT2D eigenvalue weighted by molar-refractivity contribution is -0.138. The zero-order chi connectivity index (χ0) is 23.4. The Morgan fingerprint density at radius 1 is 0.848 bits per heavy atom. The van der Waals surface area contributed by atoms with Crippen molar-refractivity contribution in [1.82, 2.24) is 14.1 Å². The van der Waals surface area contributed by atoms with Crippen LogP contribution >= 0.6 is 0 Å². The van der Waals surface area contributed by atoms with Gasteiger partial charge < -0.3 is 14.5 Å². The van der Waals surface area contributed by atoms with E-state index in [-0.39, 0.29) is 23.4 Å². The first-order valence-corrected chi connectivity index (χ1v) is 12.6. The molecule has 0 radical (unpaired) electrons. The summed E-state index contributed by atoms with van der Waals surface area (Å²) in [5, 5.41) is 0. The molecule has 2 aromatic carbocycles. The van der Waals surface area contributed by atoms with E-state index in [4.69, 9.17) is 4.74 Å². The van der Waals surface area contributed by atoms with Crippen molar-refractivity contribution in [3.63, 3.8) is 0 Å². The van der Waals surface area contributed by atoms with E-state index in [1.807, 2.05) is 30.3 Å². The molecule has 0 saturated carbocycles. The summed E-state index contributed by atoms with van der Waals surface area (Å²) in [4.78, 5) is 28.6. The second-order valence-electron chi connectivity index (χ2n) is 8.37. The summed E-state index contributed by atoms with van der Waals surface area (Å²) in [7, 11) is -2.45. The number of ether oxygens (including phenoxy) is 1. The Morgan fingerprint density at radius 2 is 1.42 bits per heavy atom. The standard InChI is InChI=1S/C24H29N3O5S/c1-32-24(29)26-16-14-25(15-17-26)23(28)20-12-13-22(19-8-4-2-5-9-19)27(18-20)33(30,31)21-10-6-3-7-11-21/h2-11,20,22H,12-18H2,1H3/t20-,22-/m1/s1. The largest absolute Gasteiger partial charge is 0.453 e. The van der Waals surface area contributed by atoms with Crippen molar-refractivity contribution < 1.29 is 22.7 Å². The lowest BCUT2D eigenvalue weighted by Gasteiger charge is -2.41. The van der Waals surface area contributed by atoms with Crippen molar-refractivity contribution in [2.45, 2.75) is 23.8 Å². The maximum absolute atomic E-state index is 13.6. The Bertz CT molecular complexity index is 1070. The quantitative estimate of drug-likeness (QED) is 0.684. The zero-order valence-corrected chi connectivity index (χ0v) is 19.5. The van der Waals surface area contributed by atoms with Crippen LogP contribution in [-0.2, 0) is 19.6 Å². The zero-order valence-electron chi connectivity index (χ0n) is 18.7. The van der Waals surface area contributed by atoms with Crippen LogP contribution in [0.4, 0.5) is 4.79 Å². The van der Waals surface area contributed by atoms with Gasteiger partial charge in [-0.05, 0) is 30.5 Å². The second kappa shape index (κ2) is 9.93. The molecule has 2 aromatic rings. The molecule has 2 atom stereocenters. The Labute approximate surface area is 194 Å². The number of carbonyl (C=O) groups excluding carboxylic acids is 2. The molecule has 0 N–H and O–H groups in total. The summed E-state index contributed by atoms with van der Waals surface area (Å²) < 4.78 is 33.5. The van der Waals surface area contributed by atoms with Gasteiger partial charge in [-0.1, -0.05) is 48.5 Å². The molecule has 4 rings (SSSR count). The van der Waals surface area contributed by atoms with Crippen LogP contribution in [-0.4, -0.2) is 74.4 Å². The molecular formula is C24H29N3O5S. The van der Waals surface area contributed by atoms with Gasteiger partial charge in [-0.15, -0.1) is 0 Å². The summed E-state index contributed by atoms with van der Waals surface area (Å²) in [5.74, 6) is -0.479. The Kier molecular flexibility index (Phi) is 6.99. The molecule has 8 nitrogen and oxygen atoms in total. The van der Waals surface area contributed by atoms with Gasteiger partial charge in [0.2, 0.25) is 15.9 Å². The molecule has 2 saturated heterocycles. The number of rotatable bonds is 4. The summed E-state index contributed by atoms with van der Waals surface area (Å²) in [6, 6.07) is 17.6. The van der Waals surface area contributed by atoms with E-state index in [1.54, 1.807) is 40.1 Å². The van der Waals surface area contributed by atoms with E-state index in [9.17, 15) is 18.0 Å². The molecule has 0 aromatic heterocycles. The van der Waals surface area contributed by atoms with E-state index in [2.05, 4.69) is 0 Å². The van der Waals surface area contributed by atoms with Crippen molar-refractivity contribution in [1.29, 1.82) is 0 Å². The number of piperidine rings is 1. The van der Waals surface area contributed by atoms with Crippen LogP contribution < -0.4 is 0 Å². The Hall–Kier alpha value is -2.91. The predicted molar refractivity (Wildman–Crippen MR) is 123 cm³/mol. The van der Waals surface area contributed by atoms with Crippen molar-refractivity contribution in [2.24, 2.45) is 5.92 Å². The summed E-state index contributed by atoms with van der Waals surface area (Å²) in [5.41, 5.74) is 0.926. The number of hydrogen-bond acceptors (Lipinski definition) is 5. The number of methoxy groups -OCH3 is 1. The summed E-state index contributed by atoms with van der Waals surface area (Å²) >= 11 is 0. The van der Waals surface area contributed by atoms with Crippen molar-refractivity contribution >= 4 is 22.0 Å². The fourth-order valence-corrected chi connectivity index (χ4v) is 6.35. The van der Waals surface area contributed by atoms with Gasteiger partial charge in [0.25, 0.3) is 0 Å². The van der Waals surface area contributed by atoms with Crippen LogP contribution in [0.3, 0.4) is 0 Å². The van der Waals surface area contributed by atoms with E-state index in [0.717, 1.165) is 5.56 Å². The average Bonchev–Trinajstić information content (AvgIpc) is 2.88. The highest BCUT2D eigenvalue weighted by molar-refractivity contribution is 7.89. The number of amides is 2. The van der Waals surface area contributed by atoms with Crippen LogP contribution in [0.2, 0.25) is 0 Å². The van der Waals surface area contributed by atoms with Crippen LogP contribution in [0, 0.1) is 5.92 Å². The van der Waals surface area contributed by atoms with E-state index < -0.39 is 22.0 Å². The first-order valence-electron chi connectivity index (χ1n) is 11.2. The second-order valence-corrected chi connectivity index (χ2v) is 10.3. The Balaban J connectivity index is 1.55. The fourth-order valence-electron chi connectivity index (χ4n) is 4.64. The van der Waals surface area contributed by atoms with Gasteiger partial charge in [-0.25, -0.2) is 13.2 Å². The summed E-state index contributed by atoms with van der Waals surface area (Å²) in [6.07, 6.45) is 0.774. The maximum Gasteiger partial charge on any atom is 0.409 e. The molecule has 2 aliphatic rings. The van der Waals surface area contributed by atoms with Gasteiger partial charge in [0.15, 0.2) is 0 Å². The summed E-state index contributed by atoms with van der Waals surface area (Å²) in [6.45, 7) is 1.77. The van der Waals surface area contributed by atoms with Gasteiger partial charge >= 0.3 is 6.09 Å². The molecule has 0 unspecified atom stereocenters. The Morgan fingerprint density at radius 3 is 2.03 bits per heavy atom. The van der Waals surface area contributed by atoms with Gasteiger partial charge in [0, 0.05) is 32.7 Å². The lowest BCUT2D eigenvalue weighted by Crippen LogP contribution is -2.54. The van der Waals surface area contributed by atoms with Crippen molar-refractivity contribution in [3.8, 4) is 0 Å². The molecule has 33 heavy (non-hydrogen) atoms. The van der Waals surface area contributed by atoms with Crippen LogP contribution in [0.5, 0.6) is 0 Å². The number of benzene rings is 2. The van der Waals surface area contributed by atoms with E-state index in [0.29, 0.717) is 39.0 Å². The monoisotopic (exact) mass is 471 g/mol. The molecule has 0 spiro atoms. The van der Waals surface area contributed by atoms with Crippen molar-refractivity contribution in [3.05, 3.63) is 66.2 Å². The smallest absolute Gasteiger partial charge is 0.409 e. The molecule has 0 aliphatic carbocycles. The van der Waals surface area contributed by atoms with E-state index >= 15 is 0 Å². The van der Waals surface area contributed by atoms with Gasteiger partial charge in [-0.2, -0.15) is 4.31 Å². The minimum Gasteiger partial charge on any atom is -0.453 e. The number of nitrogens with zero attached hydrogens (tertiary/aromatic N) is 3. The molecule has 2 amide bonds. The van der Waals surface area contributed by atoms with Crippen LogP contribution in [0.1, 0.15) is 24.4 Å². The van der Waals surface area contributed by atoms with Crippen LogP contribution in [0.15, 0.2) is 65.6 Å². The number of hydrogen-bond donors (Lipinski definition) is 0. The molecule has 2 fully saturated rings. The third-order valence-corrected chi connectivity index (χ3v) is 8.33. The third-order valence-electron chi connectivity index (χ3n) is 6.44. The predicted octanol–water partition coefficient (Wildman–Crippen LogP) is 2.74. The van der Waals surface area contributed by atoms with E-state index in [1.165, 1.54) is 11.4 Å². The number of sulfonamides is 1. The van der Waals surface area contributed by atoms with Gasteiger partial charge in [0.05, 0.1) is 24.0 Å². The third kappa shape index (κ3) is 4.89. The van der Waals surface area contributed by atoms with Gasteiger partial charge in [0.1, 0.15) is 0 Å². The maximum atomic E-state index is 13.6. The highest BCUT2D eigenvalue weighted by Crippen LogP contribution is 2.38. The highest BCUT2D eigenvalue weighted by atomic mass is 32.2. The first kappa shape index (κ1) is 23.3. The average molecular weight is 472 g/mol. The van der Waals surface area contributed by atoms with Crippen molar-refractivity contribution in [2.75, 3.05) is 39.8 Å². The minimum absolute atomic E-state index is 0.0562. The first-order chi connectivity index (χ1) is 15.9. The molecule has 2 aliphatic heterocycles. The highest BCUT2D eigenvalue weighted by Gasteiger charge is 2.41. The lowest BCUT2D eigenvalue weighted by atomic mass is 9.90. The van der Waals surface area contributed by atoms with Crippen LogP contribution in [0.25, 0.3) is 0 Å². The number of carbonyl (C=O) groups is 2.